The van der Waals surface area contributed by atoms with Gasteiger partial charge in [0.15, 0.2) is 0 Å². The molecule has 0 amide bonds. The molecule has 0 unspecified atom stereocenters. The van der Waals surface area contributed by atoms with Gasteiger partial charge in [0.05, 0.1) is 24.1 Å². The van der Waals surface area contributed by atoms with Crippen LogP contribution in [0, 0.1) is 0 Å². The number of nitrogens with one attached hydrogen (secondary N) is 1. The zero-order valence-electron chi connectivity index (χ0n) is 12.4. The molecule has 0 radical (unpaired) electrons. The van der Waals surface area contributed by atoms with E-state index in [1.54, 1.807) is 31.4 Å². The highest BCUT2D eigenvalue weighted by Crippen LogP contribution is 2.38. The fraction of sp³-hybridized carbons (Fsp3) is 0.0556. The average molecular weight is 306 g/mol. The van der Waals surface area contributed by atoms with Crippen LogP contribution in [0.5, 0.6) is 5.75 Å². The van der Waals surface area contributed by atoms with E-state index in [-0.39, 0.29) is 5.56 Å². The van der Waals surface area contributed by atoms with Gasteiger partial charge in [-0.25, -0.2) is 4.79 Å². The monoisotopic (exact) mass is 306 g/mol. The van der Waals surface area contributed by atoms with Gasteiger partial charge in [0, 0.05) is 22.5 Å². The Kier molecular flexibility index (Phi) is 2.87. The van der Waals surface area contributed by atoms with E-state index in [9.17, 15) is 4.79 Å². The number of aromatic carboxylic acids is 1. The predicted molar refractivity (Wildman–Crippen MR) is 87.8 cm³/mol. The first-order valence-corrected chi connectivity index (χ1v) is 7.18. The molecular weight excluding hydrogens is 292 g/mol. The van der Waals surface area contributed by atoms with Gasteiger partial charge < -0.3 is 9.84 Å². The Hall–Kier alpha value is -3.21. The van der Waals surface area contributed by atoms with Crippen molar-refractivity contribution in [3.8, 4) is 22.7 Å². The fourth-order valence-corrected chi connectivity index (χ4v) is 2.89. The van der Waals surface area contributed by atoms with Gasteiger partial charge in [-0.2, -0.15) is 0 Å². The van der Waals surface area contributed by atoms with E-state index in [4.69, 9.17) is 9.84 Å². The van der Waals surface area contributed by atoms with Crippen molar-refractivity contribution in [2.75, 3.05) is 7.11 Å². The van der Waals surface area contributed by atoms with Crippen LogP contribution in [-0.4, -0.2) is 28.0 Å². The van der Waals surface area contributed by atoms with Crippen molar-refractivity contribution in [3.63, 3.8) is 0 Å². The molecule has 0 spiro atoms. The van der Waals surface area contributed by atoms with E-state index in [0.29, 0.717) is 0 Å². The number of hydrogen-bond donors (Lipinski definition) is 2. The first-order chi connectivity index (χ1) is 11.2. The molecule has 0 aromatic heterocycles. The number of hydrogen-bond acceptors (Lipinski definition) is 2. The summed E-state index contributed by atoms with van der Waals surface area (Å²) in [7, 11) is 1.67. The number of aromatic amines is 1. The van der Waals surface area contributed by atoms with Gasteiger partial charge in [-0.05, 0) is 36.4 Å². The second-order valence-corrected chi connectivity index (χ2v) is 5.36. The Morgan fingerprint density at radius 3 is 2.61 bits per heavy atom. The van der Waals surface area contributed by atoms with Crippen molar-refractivity contribution in [1.82, 2.24) is 9.78 Å². The molecule has 0 saturated heterocycles. The van der Waals surface area contributed by atoms with E-state index >= 15 is 0 Å². The van der Waals surface area contributed by atoms with Gasteiger partial charge in [0.25, 0.3) is 0 Å². The summed E-state index contributed by atoms with van der Waals surface area (Å²) in [6.07, 6.45) is 1.99. The first kappa shape index (κ1) is 13.5. The number of aromatic nitrogens is 2. The zero-order chi connectivity index (χ0) is 16.0. The minimum atomic E-state index is -0.926. The predicted octanol–water partition coefficient (Wildman–Crippen LogP) is 3.77. The highest BCUT2D eigenvalue weighted by atomic mass is 16.5. The van der Waals surface area contributed by atoms with Crippen LogP contribution in [0.1, 0.15) is 10.4 Å². The molecule has 5 heteroatoms. The van der Waals surface area contributed by atoms with Crippen molar-refractivity contribution in [3.05, 3.63) is 60.3 Å². The number of rotatable bonds is 3. The lowest BCUT2D eigenvalue weighted by atomic mass is 10.2. The summed E-state index contributed by atoms with van der Waals surface area (Å²) in [5.41, 5.74) is 3.25. The number of carboxylic acids is 1. The number of carbonyl (C=O) groups is 1. The highest BCUT2D eigenvalue weighted by molar-refractivity contribution is 6.03. The molecule has 4 rings (SSSR count). The number of nitrogens with zero attached hydrogens (tertiary/aromatic N) is 1. The molecule has 0 saturated carbocycles. The molecule has 2 aromatic rings. The molecule has 0 atom stereocenters. The first-order valence-electron chi connectivity index (χ1n) is 7.18. The quantitative estimate of drug-likeness (QED) is 0.605. The molecule has 1 aliphatic heterocycles. The summed E-state index contributed by atoms with van der Waals surface area (Å²) in [6, 6.07) is 14.8. The van der Waals surface area contributed by atoms with Gasteiger partial charge in [0.2, 0.25) is 0 Å². The van der Waals surface area contributed by atoms with Crippen molar-refractivity contribution in [2.45, 2.75) is 0 Å². The van der Waals surface area contributed by atoms with Crippen LogP contribution in [-0.2, 0) is 0 Å². The summed E-state index contributed by atoms with van der Waals surface area (Å²) in [5, 5.41) is 14.5. The number of carboxylic acid groups (broad SMARTS) is 1. The molecule has 5 nitrogen and oxygen atoms in total. The molecule has 2 N–H and O–H groups in total. The minimum Gasteiger partial charge on any atom is -0.496 e. The number of methoxy groups -OCH3 is 1. The maximum absolute atomic E-state index is 10.9. The third kappa shape index (κ3) is 2.05. The zero-order valence-corrected chi connectivity index (χ0v) is 12.4. The van der Waals surface area contributed by atoms with Crippen LogP contribution in [0.25, 0.3) is 27.7 Å². The van der Waals surface area contributed by atoms with Crippen LogP contribution in [0.4, 0.5) is 0 Å². The SMILES string of the molecule is COc1cccc2c3[nH]n(-c4ccc(C(=O)O)cc4)cc-3cc12. The molecule has 23 heavy (non-hydrogen) atoms. The summed E-state index contributed by atoms with van der Waals surface area (Å²) >= 11 is 0. The lowest BCUT2D eigenvalue weighted by Gasteiger charge is -2.04. The van der Waals surface area contributed by atoms with Crippen molar-refractivity contribution in [1.29, 1.82) is 0 Å². The molecule has 2 aliphatic rings. The average Bonchev–Trinajstić information content (AvgIpc) is 3.12. The molecule has 114 valence electrons. The molecule has 2 aromatic carbocycles. The number of H-pyrrole nitrogens is 1. The van der Waals surface area contributed by atoms with Gasteiger partial charge in [-0.1, -0.05) is 12.1 Å². The van der Waals surface area contributed by atoms with Crippen LogP contribution in [0.15, 0.2) is 54.7 Å². The molecule has 1 heterocycles. The summed E-state index contributed by atoms with van der Waals surface area (Å²) < 4.78 is 7.28. The molecule has 0 bridgehead atoms. The summed E-state index contributed by atoms with van der Waals surface area (Å²) in [4.78, 5) is 10.9. The van der Waals surface area contributed by atoms with Gasteiger partial charge in [-0.15, -0.1) is 0 Å². The van der Waals surface area contributed by atoms with E-state index in [1.165, 1.54) is 0 Å². The van der Waals surface area contributed by atoms with E-state index < -0.39 is 5.97 Å². The standard InChI is InChI=1S/C18H14N2O3/c1-23-16-4-2-3-14-15(16)9-12-10-20(19-17(12)14)13-7-5-11(6-8-13)18(21)22/h2-10,19H,1H3,(H,21,22). The van der Waals surface area contributed by atoms with Crippen molar-refractivity contribution >= 4 is 16.7 Å². The van der Waals surface area contributed by atoms with Crippen LogP contribution < -0.4 is 4.74 Å². The Morgan fingerprint density at radius 2 is 1.91 bits per heavy atom. The molecule has 0 fully saturated rings. The van der Waals surface area contributed by atoms with Crippen molar-refractivity contribution < 1.29 is 14.6 Å². The van der Waals surface area contributed by atoms with E-state index in [2.05, 4.69) is 17.2 Å². The van der Waals surface area contributed by atoms with E-state index in [0.717, 1.165) is 33.5 Å². The summed E-state index contributed by atoms with van der Waals surface area (Å²) in [5.74, 6) is -0.0747. The Labute approximate surface area is 132 Å². The second kappa shape index (κ2) is 4.91. The third-order valence-corrected chi connectivity index (χ3v) is 4.04. The van der Waals surface area contributed by atoms with Gasteiger partial charge in [-0.3, -0.25) is 9.78 Å². The van der Waals surface area contributed by atoms with Gasteiger partial charge >= 0.3 is 5.97 Å². The number of benzene rings is 2. The Bertz CT molecular complexity index is 979. The van der Waals surface area contributed by atoms with Crippen LogP contribution in [0.2, 0.25) is 0 Å². The maximum atomic E-state index is 10.9. The Balaban J connectivity index is 1.83. The maximum Gasteiger partial charge on any atom is 0.335 e. The van der Waals surface area contributed by atoms with Crippen LogP contribution >= 0.6 is 0 Å². The van der Waals surface area contributed by atoms with E-state index in [1.807, 2.05) is 23.0 Å². The second-order valence-electron chi connectivity index (χ2n) is 5.36. The highest BCUT2D eigenvalue weighted by Gasteiger charge is 2.16. The molecular formula is C18H14N2O3. The number of fused-ring (bicyclic) bond motifs is 3. The molecule has 1 aliphatic carbocycles. The topological polar surface area (TPSA) is 67.2 Å². The van der Waals surface area contributed by atoms with Gasteiger partial charge in [0.1, 0.15) is 5.75 Å². The number of ether oxygens (including phenoxy) is 1. The smallest absolute Gasteiger partial charge is 0.335 e. The lowest BCUT2D eigenvalue weighted by Crippen LogP contribution is -1.98. The minimum absolute atomic E-state index is 0.273. The fourth-order valence-electron chi connectivity index (χ4n) is 2.89. The third-order valence-electron chi connectivity index (χ3n) is 4.04. The summed E-state index contributed by atoms with van der Waals surface area (Å²) in [6.45, 7) is 0. The normalized spacial score (nSPS) is 11.2. The Morgan fingerprint density at radius 1 is 1.13 bits per heavy atom. The lowest BCUT2D eigenvalue weighted by molar-refractivity contribution is 0.0697. The largest absolute Gasteiger partial charge is 0.496 e. The van der Waals surface area contributed by atoms with Crippen LogP contribution in [0.3, 0.4) is 0 Å². The van der Waals surface area contributed by atoms with Crippen molar-refractivity contribution in [2.24, 2.45) is 0 Å².